The molecule has 0 bridgehead atoms. The second-order valence-corrected chi connectivity index (χ2v) is 8.92. The van der Waals surface area contributed by atoms with Gasteiger partial charge in [-0.2, -0.15) is 0 Å². The lowest BCUT2D eigenvalue weighted by Crippen LogP contribution is -2.37. The number of fused-ring (bicyclic) bond motifs is 3. The molecule has 1 N–H and O–H groups in total. The molecular formula is C20H19ClN4O5S. The fourth-order valence-electron chi connectivity index (χ4n) is 4.21. The Balaban J connectivity index is 1.96. The molecule has 0 aromatic carbocycles. The molecule has 2 atom stereocenters. The Hall–Kier alpha value is -2.66. The molecule has 5 heterocycles. The third kappa shape index (κ3) is 2.93. The molecular weight excluding hydrogens is 444 g/mol. The molecule has 162 valence electrons. The summed E-state index contributed by atoms with van der Waals surface area (Å²) < 4.78 is 16.2. The summed E-state index contributed by atoms with van der Waals surface area (Å²) in [6.45, 7) is 1.94. The van der Waals surface area contributed by atoms with E-state index in [0.717, 1.165) is 9.57 Å². The minimum Gasteiger partial charge on any atom is -0.446 e. The molecule has 4 aromatic rings. The first-order valence-corrected chi connectivity index (χ1v) is 10.8. The van der Waals surface area contributed by atoms with Gasteiger partial charge in [0.2, 0.25) is 0 Å². The van der Waals surface area contributed by atoms with Gasteiger partial charge in [-0.3, -0.25) is 13.9 Å². The van der Waals surface area contributed by atoms with Crippen LogP contribution in [0.3, 0.4) is 0 Å². The molecule has 11 heteroatoms. The van der Waals surface area contributed by atoms with Crippen LogP contribution in [0.25, 0.3) is 22.3 Å². The van der Waals surface area contributed by atoms with Gasteiger partial charge in [-0.1, -0.05) is 0 Å². The number of thiazole rings is 1. The van der Waals surface area contributed by atoms with E-state index < -0.39 is 23.5 Å². The average Bonchev–Trinajstić information content (AvgIpc) is 3.46. The summed E-state index contributed by atoms with van der Waals surface area (Å²) >= 11 is 7.47. The molecule has 0 spiro atoms. The quantitative estimate of drug-likeness (QED) is 0.500. The van der Waals surface area contributed by atoms with Crippen LogP contribution >= 0.6 is 22.9 Å². The van der Waals surface area contributed by atoms with Crippen LogP contribution in [0, 0.1) is 6.92 Å². The molecule has 0 saturated carbocycles. The van der Waals surface area contributed by atoms with Crippen molar-refractivity contribution in [3.8, 4) is 11.4 Å². The molecule has 9 nitrogen and oxygen atoms in total. The van der Waals surface area contributed by atoms with Gasteiger partial charge in [0.05, 0.1) is 52.2 Å². The highest BCUT2D eigenvalue weighted by Gasteiger charge is 2.38. The van der Waals surface area contributed by atoms with Gasteiger partial charge in [-0.25, -0.2) is 9.78 Å². The van der Waals surface area contributed by atoms with Gasteiger partial charge >= 0.3 is 5.69 Å². The maximum Gasteiger partial charge on any atom is 0.331 e. The van der Waals surface area contributed by atoms with Crippen molar-refractivity contribution in [3.63, 3.8) is 0 Å². The lowest BCUT2D eigenvalue weighted by molar-refractivity contribution is -0.0589. The molecule has 0 fully saturated rings. The van der Waals surface area contributed by atoms with Crippen molar-refractivity contribution in [1.29, 1.82) is 0 Å². The number of aryl methyl sites for hydroxylation is 2. The number of nitrogens with zero attached hydrogens (tertiary/aromatic N) is 4. The van der Waals surface area contributed by atoms with Crippen molar-refractivity contribution >= 4 is 33.8 Å². The van der Waals surface area contributed by atoms with E-state index in [1.165, 1.54) is 23.0 Å². The molecule has 31 heavy (non-hydrogen) atoms. The Labute approximate surface area is 184 Å². The Morgan fingerprint density at radius 2 is 2.06 bits per heavy atom. The Morgan fingerprint density at radius 3 is 2.68 bits per heavy atom. The van der Waals surface area contributed by atoms with Gasteiger partial charge in [0, 0.05) is 19.5 Å². The fourth-order valence-corrected chi connectivity index (χ4v) is 4.96. The smallest absolute Gasteiger partial charge is 0.331 e. The van der Waals surface area contributed by atoms with Gasteiger partial charge in [0.15, 0.2) is 11.3 Å². The van der Waals surface area contributed by atoms with Crippen molar-refractivity contribution in [1.82, 2.24) is 18.7 Å². The van der Waals surface area contributed by atoms with Crippen LogP contribution in [0.15, 0.2) is 31.5 Å². The molecule has 2 unspecified atom stereocenters. The van der Waals surface area contributed by atoms with Crippen molar-refractivity contribution < 1.29 is 14.3 Å². The highest BCUT2D eigenvalue weighted by atomic mass is 35.5. The maximum atomic E-state index is 13.3. The number of aromatic nitrogens is 4. The summed E-state index contributed by atoms with van der Waals surface area (Å²) in [7, 11) is 3.07. The zero-order valence-electron chi connectivity index (χ0n) is 17.0. The Bertz CT molecular complexity index is 1440. The average molecular weight is 463 g/mol. The highest BCUT2D eigenvalue weighted by molar-refractivity contribution is 7.09. The molecule has 0 amide bonds. The van der Waals surface area contributed by atoms with Crippen LogP contribution < -0.4 is 11.2 Å². The zero-order chi connectivity index (χ0) is 22.0. The number of ether oxygens (including phenoxy) is 1. The second-order valence-electron chi connectivity index (χ2n) is 7.49. The number of aliphatic hydroxyl groups excluding tert-OH is 1. The standard InChI is InChI=1S/C20H19ClN4O5S/c1-9-22-11(8-31-9)15-14-16(23(2)20(28)24(3)19(14)27)17-18(12-4-5-13(21)30-12)29-10(7-26)6-25(15)17/h4-5,8,10,18,26H,6-7H2,1-3H3. The third-order valence-electron chi connectivity index (χ3n) is 5.59. The molecule has 1 aliphatic rings. The second kappa shape index (κ2) is 7.20. The van der Waals surface area contributed by atoms with E-state index in [4.69, 9.17) is 20.8 Å². The number of hydrogen-bond donors (Lipinski definition) is 1. The Kier molecular flexibility index (Phi) is 4.70. The Morgan fingerprint density at radius 1 is 1.29 bits per heavy atom. The lowest BCUT2D eigenvalue weighted by Gasteiger charge is -2.31. The normalized spacial score (nSPS) is 18.6. The predicted octanol–water partition coefficient (Wildman–Crippen LogP) is 2.20. The van der Waals surface area contributed by atoms with E-state index in [1.54, 1.807) is 19.2 Å². The topological polar surface area (TPSA) is 104 Å². The molecule has 0 radical (unpaired) electrons. The molecule has 1 aliphatic heterocycles. The minimum absolute atomic E-state index is 0.187. The molecule has 4 aromatic heterocycles. The minimum atomic E-state index is -0.771. The van der Waals surface area contributed by atoms with Gasteiger partial charge in [0.25, 0.3) is 5.56 Å². The predicted molar refractivity (Wildman–Crippen MR) is 116 cm³/mol. The van der Waals surface area contributed by atoms with Crippen LogP contribution in [0.1, 0.15) is 22.6 Å². The van der Waals surface area contributed by atoms with Gasteiger partial charge < -0.3 is 18.8 Å². The number of furan rings is 1. The summed E-state index contributed by atoms with van der Waals surface area (Å²) in [6, 6.07) is 3.28. The SMILES string of the molecule is Cc1nc(-c2c3c(=O)n(C)c(=O)n(C)c3c3n2CC(CO)OC3c2ccc(Cl)o2)cs1. The summed E-state index contributed by atoms with van der Waals surface area (Å²) in [5.41, 5.74) is 1.38. The number of aliphatic hydroxyl groups is 1. The van der Waals surface area contributed by atoms with Crippen molar-refractivity contribution in [3.05, 3.63) is 60.0 Å². The van der Waals surface area contributed by atoms with E-state index in [9.17, 15) is 14.7 Å². The van der Waals surface area contributed by atoms with Gasteiger partial charge in [0.1, 0.15) is 5.76 Å². The van der Waals surface area contributed by atoms with E-state index in [0.29, 0.717) is 33.7 Å². The third-order valence-corrected chi connectivity index (χ3v) is 6.56. The van der Waals surface area contributed by atoms with E-state index in [2.05, 4.69) is 4.98 Å². The van der Waals surface area contributed by atoms with Crippen molar-refractivity contribution in [2.45, 2.75) is 25.7 Å². The summed E-state index contributed by atoms with van der Waals surface area (Å²) in [5, 5.41) is 13.2. The zero-order valence-corrected chi connectivity index (χ0v) is 18.5. The first-order valence-electron chi connectivity index (χ1n) is 9.58. The van der Waals surface area contributed by atoms with E-state index in [-0.39, 0.29) is 18.4 Å². The van der Waals surface area contributed by atoms with Crippen LogP contribution in [0.2, 0.25) is 5.22 Å². The van der Waals surface area contributed by atoms with Crippen molar-refractivity contribution in [2.24, 2.45) is 14.1 Å². The number of hydrogen-bond acceptors (Lipinski definition) is 7. The van der Waals surface area contributed by atoms with Crippen LogP contribution in [-0.4, -0.2) is 36.5 Å². The molecule has 0 saturated heterocycles. The van der Waals surface area contributed by atoms with Crippen LogP contribution in [-0.2, 0) is 25.4 Å². The summed E-state index contributed by atoms with van der Waals surface area (Å²) in [5.74, 6) is 0.415. The first kappa shape index (κ1) is 20.3. The fraction of sp³-hybridized carbons (Fsp3) is 0.350. The molecule has 0 aliphatic carbocycles. The first-order chi connectivity index (χ1) is 14.8. The summed E-state index contributed by atoms with van der Waals surface area (Å²) in [4.78, 5) is 30.7. The monoisotopic (exact) mass is 462 g/mol. The van der Waals surface area contributed by atoms with Gasteiger partial charge in [-0.15, -0.1) is 11.3 Å². The summed E-state index contributed by atoms with van der Waals surface area (Å²) in [6.07, 6.45) is -1.32. The molecule has 5 rings (SSSR count). The highest BCUT2D eigenvalue weighted by Crippen LogP contribution is 2.42. The lowest BCUT2D eigenvalue weighted by atomic mass is 10.1. The maximum absolute atomic E-state index is 13.3. The number of halogens is 1. The van der Waals surface area contributed by atoms with Gasteiger partial charge in [-0.05, 0) is 30.7 Å². The van der Waals surface area contributed by atoms with Crippen molar-refractivity contribution in [2.75, 3.05) is 6.61 Å². The number of rotatable bonds is 3. The van der Waals surface area contributed by atoms with Crippen LogP contribution in [0.4, 0.5) is 0 Å². The van der Waals surface area contributed by atoms with E-state index >= 15 is 0 Å². The van der Waals surface area contributed by atoms with E-state index in [1.807, 2.05) is 16.9 Å². The van der Waals surface area contributed by atoms with Crippen LogP contribution in [0.5, 0.6) is 0 Å². The largest absolute Gasteiger partial charge is 0.446 e.